The quantitative estimate of drug-likeness (QED) is 0.918. The molecule has 0 atom stereocenters. The largest absolute Gasteiger partial charge is 0.481 e. The first-order valence-electron chi connectivity index (χ1n) is 5.82. The third-order valence-corrected chi connectivity index (χ3v) is 5.80. The monoisotopic (exact) mass is 312 g/mol. The van der Waals surface area contributed by atoms with Crippen molar-refractivity contribution in [3.8, 4) is 0 Å². The fourth-order valence-corrected chi connectivity index (χ4v) is 3.72. The Morgan fingerprint density at radius 3 is 2.59 bits per heavy atom. The molecule has 2 aliphatic rings. The lowest BCUT2D eigenvalue weighted by molar-refractivity contribution is -0.140. The summed E-state index contributed by atoms with van der Waals surface area (Å²) in [5, 5.41) is 10.0. The van der Waals surface area contributed by atoms with Crippen LogP contribution in [0.4, 0.5) is 0 Å². The molecule has 2 saturated carbocycles. The van der Waals surface area contributed by atoms with Gasteiger partial charge < -0.3 is 5.11 Å². The molecule has 1 aromatic carbocycles. The lowest BCUT2D eigenvalue weighted by Crippen LogP contribution is -2.19. The summed E-state index contributed by atoms with van der Waals surface area (Å²) in [6.07, 6.45) is 4.14. The van der Waals surface area contributed by atoms with Crippen LogP contribution in [0.15, 0.2) is 27.6 Å². The van der Waals surface area contributed by atoms with Crippen LogP contribution in [0.25, 0.3) is 0 Å². The molecular formula is C13H13BrO2S. The summed E-state index contributed by atoms with van der Waals surface area (Å²) in [5.41, 5.74) is 0.350. The van der Waals surface area contributed by atoms with Crippen molar-refractivity contribution in [3.05, 3.63) is 28.2 Å². The SMILES string of the molecule is O=C(O)C1(c2ccc(SC3CC3)c(Br)c2)CC1. The van der Waals surface area contributed by atoms with Gasteiger partial charge in [0.1, 0.15) is 0 Å². The number of aliphatic carboxylic acids is 1. The van der Waals surface area contributed by atoms with Crippen LogP contribution in [0.3, 0.4) is 0 Å². The zero-order valence-electron chi connectivity index (χ0n) is 9.28. The first kappa shape index (κ1) is 11.6. The Balaban J connectivity index is 1.87. The molecule has 4 heteroatoms. The minimum Gasteiger partial charge on any atom is -0.481 e. The summed E-state index contributed by atoms with van der Waals surface area (Å²) < 4.78 is 1.04. The fraction of sp³-hybridized carbons (Fsp3) is 0.462. The van der Waals surface area contributed by atoms with Crippen molar-refractivity contribution >= 4 is 33.7 Å². The van der Waals surface area contributed by atoms with Crippen LogP contribution in [-0.4, -0.2) is 16.3 Å². The molecule has 2 nitrogen and oxygen atoms in total. The molecule has 2 aliphatic carbocycles. The average molecular weight is 313 g/mol. The van der Waals surface area contributed by atoms with E-state index in [1.807, 2.05) is 23.9 Å². The van der Waals surface area contributed by atoms with Crippen molar-refractivity contribution in [1.29, 1.82) is 0 Å². The summed E-state index contributed by atoms with van der Waals surface area (Å²) in [6, 6.07) is 6.04. The molecule has 1 N–H and O–H groups in total. The van der Waals surface area contributed by atoms with Crippen molar-refractivity contribution in [2.24, 2.45) is 0 Å². The van der Waals surface area contributed by atoms with Gasteiger partial charge in [0.25, 0.3) is 0 Å². The van der Waals surface area contributed by atoms with Crippen molar-refractivity contribution in [2.45, 2.75) is 41.2 Å². The number of hydrogen-bond donors (Lipinski definition) is 1. The standard InChI is InChI=1S/C13H13BrO2S/c14-10-7-8(13(5-6-13)12(15)16)1-4-11(10)17-9-2-3-9/h1,4,7,9H,2-3,5-6H2,(H,15,16). The minimum absolute atomic E-state index is 0.592. The number of halogens is 1. The van der Waals surface area contributed by atoms with Gasteiger partial charge in [-0.05, 0) is 59.3 Å². The van der Waals surface area contributed by atoms with E-state index in [2.05, 4.69) is 22.0 Å². The molecule has 90 valence electrons. The molecule has 1 aromatic rings. The highest BCUT2D eigenvalue weighted by Crippen LogP contribution is 2.50. The summed E-state index contributed by atoms with van der Waals surface area (Å²) in [7, 11) is 0. The van der Waals surface area contributed by atoms with E-state index in [1.165, 1.54) is 17.7 Å². The number of thioether (sulfide) groups is 1. The van der Waals surface area contributed by atoms with Crippen LogP contribution in [0, 0.1) is 0 Å². The van der Waals surface area contributed by atoms with Crippen LogP contribution in [0.2, 0.25) is 0 Å². The molecule has 0 aliphatic heterocycles. The van der Waals surface area contributed by atoms with Crippen molar-refractivity contribution in [2.75, 3.05) is 0 Å². The Hall–Kier alpha value is -0.480. The number of carbonyl (C=O) groups is 1. The Bertz CT molecular complexity index is 478. The highest BCUT2D eigenvalue weighted by Gasteiger charge is 2.51. The third kappa shape index (κ3) is 2.13. The van der Waals surface area contributed by atoms with Crippen LogP contribution < -0.4 is 0 Å². The van der Waals surface area contributed by atoms with E-state index in [1.54, 1.807) is 0 Å². The molecule has 0 amide bonds. The summed E-state index contributed by atoms with van der Waals surface area (Å²) >= 11 is 5.45. The zero-order chi connectivity index (χ0) is 12.0. The molecule has 0 radical (unpaired) electrons. The second kappa shape index (κ2) is 4.02. The molecule has 3 rings (SSSR count). The molecular weight excluding hydrogens is 300 g/mol. The van der Waals surface area contributed by atoms with E-state index in [9.17, 15) is 9.90 Å². The Morgan fingerprint density at radius 1 is 1.41 bits per heavy atom. The van der Waals surface area contributed by atoms with E-state index < -0.39 is 11.4 Å². The minimum atomic E-state index is -0.688. The number of carboxylic acid groups (broad SMARTS) is 1. The number of hydrogen-bond acceptors (Lipinski definition) is 2. The van der Waals surface area contributed by atoms with Gasteiger partial charge in [-0.15, -0.1) is 11.8 Å². The second-order valence-electron chi connectivity index (χ2n) is 4.85. The lowest BCUT2D eigenvalue weighted by Gasteiger charge is -2.12. The first-order chi connectivity index (χ1) is 8.12. The van der Waals surface area contributed by atoms with Gasteiger partial charge in [-0.3, -0.25) is 4.79 Å². The number of rotatable bonds is 4. The first-order valence-corrected chi connectivity index (χ1v) is 7.49. The normalized spacial score (nSPS) is 21.2. The van der Waals surface area contributed by atoms with Gasteiger partial charge in [0, 0.05) is 14.6 Å². The van der Waals surface area contributed by atoms with Gasteiger partial charge in [-0.1, -0.05) is 6.07 Å². The molecule has 0 unspecified atom stereocenters. The highest BCUT2D eigenvalue weighted by molar-refractivity contribution is 9.10. The highest BCUT2D eigenvalue weighted by atomic mass is 79.9. The molecule has 0 spiro atoms. The van der Waals surface area contributed by atoms with Gasteiger partial charge in [0.2, 0.25) is 0 Å². The molecule has 2 fully saturated rings. The summed E-state index contributed by atoms with van der Waals surface area (Å²) in [6.45, 7) is 0. The van der Waals surface area contributed by atoms with Gasteiger partial charge in [0.05, 0.1) is 5.41 Å². The topological polar surface area (TPSA) is 37.3 Å². The maximum Gasteiger partial charge on any atom is 0.314 e. The summed E-state index contributed by atoms with van der Waals surface area (Å²) in [5.74, 6) is -0.688. The van der Waals surface area contributed by atoms with Crippen LogP contribution in [0.5, 0.6) is 0 Å². The second-order valence-corrected chi connectivity index (χ2v) is 7.05. The smallest absolute Gasteiger partial charge is 0.314 e. The Labute approximate surface area is 113 Å². The van der Waals surface area contributed by atoms with Crippen molar-refractivity contribution in [1.82, 2.24) is 0 Å². The average Bonchev–Trinajstić information content (AvgIpc) is 3.14. The van der Waals surface area contributed by atoms with Crippen molar-refractivity contribution < 1.29 is 9.90 Å². The number of carboxylic acids is 1. The molecule has 0 saturated heterocycles. The van der Waals surface area contributed by atoms with Gasteiger partial charge in [-0.25, -0.2) is 0 Å². The maximum atomic E-state index is 11.2. The van der Waals surface area contributed by atoms with Gasteiger partial charge in [-0.2, -0.15) is 0 Å². The fourth-order valence-electron chi connectivity index (χ4n) is 2.01. The maximum absolute atomic E-state index is 11.2. The molecule has 17 heavy (non-hydrogen) atoms. The molecule has 0 bridgehead atoms. The van der Waals surface area contributed by atoms with E-state index in [-0.39, 0.29) is 0 Å². The predicted octanol–water partition coefficient (Wildman–Crippen LogP) is 3.82. The van der Waals surface area contributed by atoms with E-state index in [0.29, 0.717) is 0 Å². The summed E-state index contributed by atoms with van der Waals surface area (Å²) in [4.78, 5) is 12.5. The molecule has 0 heterocycles. The predicted molar refractivity (Wildman–Crippen MR) is 71.6 cm³/mol. The van der Waals surface area contributed by atoms with Gasteiger partial charge in [0.15, 0.2) is 0 Å². The van der Waals surface area contributed by atoms with E-state index in [0.717, 1.165) is 28.1 Å². The van der Waals surface area contributed by atoms with Crippen LogP contribution in [0.1, 0.15) is 31.2 Å². The molecule has 0 aromatic heterocycles. The zero-order valence-corrected chi connectivity index (χ0v) is 11.7. The van der Waals surface area contributed by atoms with Gasteiger partial charge >= 0.3 is 5.97 Å². The van der Waals surface area contributed by atoms with E-state index in [4.69, 9.17) is 0 Å². The van der Waals surface area contributed by atoms with E-state index >= 15 is 0 Å². The Morgan fingerprint density at radius 2 is 2.12 bits per heavy atom. The van der Waals surface area contributed by atoms with Crippen molar-refractivity contribution in [3.63, 3.8) is 0 Å². The van der Waals surface area contributed by atoms with Crippen LogP contribution in [-0.2, 0) is 10.2 Å². The lowest BCUT2D eigenvalue weighted by atomic mass is 9.96. The van der Waals surface area contributed by atoms with Crippen LogP contribution >= 0.6 is 27.7 Å². The number of benzene rings is 1. The Kier molecular flexibility index (Phi) is 2.75. The third-order valence-electron chi connectivity index (χ3n) is 3.46.